The maximum atomic E-state index is 13.5. The lowest BCUT2D eigenvalue weighted by Crippen LogP contribution is -2.38. The van der Waals surface area contributed by atoms with E-state index in [1.54, 1.807) is 6.07 Å². The summed E-state index contributed by atoms with van der Waals surface area (Å²) < 4.78 is 13.5. The molecule has 0 aromatic heterocycles. The lowest BCUT2D eigenvalue weighted by molar-refractivity contribution is 0.507. The Morgan fingerprint density at radius 2 is 1.90 bits per heavy atom. The van der Waals surface area contributed by atoms with Crippen molar-refractivity contribution < 1.29 is 4.39 Å². The maximum Gasteiger partial charge on any atom is 0.124 e. The van der Waals surface area contributed by atoms with Crippen molar-refractivity contribution in [2.24, 2.45) is 11.7 Å². The van der Waals surface area contributed by atoms with E-state index in [2.05, 4.69) is 32.6 Å². The Kier molecular flexibility index (Phi) is 6.40. The molecule has 2 nitrogen and oxygen atoms in total. The van der Waals surface area contributed by atoms with Gasteiger partial charge in [0.05, 0.1) is 0 Å². The van der Waals surface area contributed by atoms with Crippen molar-refractivity contribution in [3.8, 4) is 0 Å². The van der Waals surface area contributed by atoms with Crippen LogP contribution >= 0.6 is 12.2 Å². The molecule has 0 radical (unpaired) electrons. The van der Waals surface area contributed by atoms with Gasteiger partial charge in [-0.3, -0.25) is 0 Å². The summed E-state index contributed by atoms with van der Waals surface area (Å²) in [5, 5.41) is 0. The molecule has 0 saturated heterocycles. The SMILES string of the molecule is CCC(CC)N(CC(C)C)c1ccc(F)cc1C(N)=S. The molecule has 1 aromatic carbocycles. The second-order valence-corrected chi connectivity index (χ2v) is 5.98. The van der Waals surface area contributed by atoms with E-state index in [9.17, 15) is 4.39 Å². The molecule has 112 valence electrons. The topological polar surface area (TPSA) is 29.3 Å². The molecule has 2 N–H and O–H groups in total. The lowest BCUT2D eigenvalue weighted by Gasteiger charge is -2.35. The molecule has 0 amide bonds. The number of hydrogen-bond donors (Lipinski definition) is 1. The summed E-state index contributed by atoms with van der Waals surface area (Å²) in [6.45, 7) is 9.61. The number of nitrogens with zero attached hydrogens (tertiary/aromatic N) is 1. The van der Waals surface area contributed by atoms with Gasteiger partial charge in [0.15, 0.2) is 0 Å². The van der Waals surface area contributed by atoms with Crippen LogP contribution in [0, 0.1) is 11.7 Å². The Balaban J connectivity index is 3.28. The lowest BCUT2D eigenvalue weighted by atomic mass is 10.0. The minimum atomic E-state index is -0.300. The van der Waals surface area contributed by atoms with Crippen LogP contribution in [0.4, 0.5) is 10.1 Å². The molecule has 0 heterocycles. The standard InChI is InChI=1S/C16H25FN2S/c1-5-13(6-2)19(10-11(3)4)15-8-7-12(17)9-14(15)16(18)20/h7-9,11,13H,5-6,10H2,1-4H3,(H2,18,20). The van der Waals surface area contributed by atoms with Gasteiger partial charge in [0.25, 0.3) is 0 Å². The first kappa shape index (κ1) is 16.9. The first-order valence-electron chi connectivity index (χ1n) is 7.26. The molecule has 0 spiro atoms. The van der Waals surface area contributed by atoms with Crippen molar-refractivity contribution >= 4 is 22.9 Å². The van der Waals surface area contributed by atoms with Gasteiger partial charge in [-0.1, -0.05) is 39.9 Å². The quantitative estimate of drug-likeness (QED) is 0.768. The Bertz CT molecular complexity index is 456. The number of hydrogen-bond acceptors (Lipinski definition) is 2. The van der Waals surface area contributed by atoms with Gasteiger partial charge >= 0.3 is 0 Å². The van der Waals surface area contributed by atoms with E-state index < -0.39 is 0 Å². The largest absolute Gasteiger partial charge is 0.389 e. The van der Waals surface area contributed by atoms with Gasteiger partial charge in [-0.25, -0.2) is 4.39 Å². The Morgan fingerprint density at radius 3 is 2.35 bits per heavy atom. The highest BCUT2D eigenvalue weighted by atomic mass is 32.1. The van der Waals surface area contributed by atoms with Gasteiger partial charge in [-0.15, -0.1) is 0 Å². The van der Waals surface area contributed by atoms with E-state index in [-0.39, 0.29) is 10.8 Å². The van der Waals surface area contributed by atoms with E-state index in [1.165, 1.54) is 12.1 Å². The predicted molar refractivity (Wildman–Crippen MR) is 88.8 cm³/mol. The highest BCUT2D eigenvalue weighted by Gasteiger charge is 2.20. The van der Waals surface area contributed by atoms with Crippen LogP contribution in [0.15, 0.2) is 18.2 Å². The van der Waals surface area contributed by atoms with Crippen LogP contribution in [-0.2, 0) is 0 Å². The van der Waals surface area contributed by atoms with Crippen LogP contribution in [0.25, 0.3) is 0 Å². The van der Waals surface area contributed by atoms with Gasteiger partial charge < -0.3 is 10.6 Å². The first-order chi connectivity index (χ1) is 9.40. The molecule has 1 rings (SSSR count). The zero-order chi connectivity index (χ0) is 15.3. The zero-order valence-corrected chi connectivity index (χ0v) is 13.6. The summed E-state index contributed by atoms with van der Waals surface area (Å²) >= 11 is 5.09. The second-order valence-electron chi connectivity index (χ2n) is 5.54. The average Bonchev–Trinajstić information content (AvgIpc) is 2.38. The normalized spacial score (nSPS) is 11.2. The van der Waals surface area contributed by atoms with Gasteiger partial charge in [-0.2, -0.15) is 0 Å². The van der Waals surface area contributed by atoms with Crippen LogP contribution in [0.3, 0.4) is 0 Å². The van der Waals surface area contributed by atoms with Gasteiger partial charge in [-0.05, 0) is 37.0 Å². The molecule has 0 aliphatic rings. The third kappa shape index (κ3) is 4.17. The molecule has 20 heavy (non-hydrogen) atoms. The Hall–Kier alpha value is -1.16. The number of benzene rings is 1. The second kappa shape index (κ2) is 7.58. The van der Waals surface area contributed by atoms with Crippen LogP contribution in [0.1, 0.15) is 46.1 Å². The van der Waals surface area contributed by atoms with Gasteiger partial charge in [0.2, 0.25) is 0 Å². The van der Waals surface area contributed by atoms with Crippen LogP contribution in [-0.4, -0.2) is 17.6 Å². The first-order valence-corrected chi connectivity index (χ1v) is 7.67. The summed E-state index contributed by atoms with van der Waals surface area (Å²) in [5.74, 6) is 0.213. The molecule has 0 atom stereocenters. The fourth-order valence-electron chi connectivity index (χ4n) is 2.52. The highest BCUT2D eigenvalue weighted by Crippen LogP contribution is 2.27. The molecule has 0 bridgehead atoms. The van der Waals surface area contributed by atoms with Crippen molar-refractivity contribution in [1.29, 1.82) is 0 Å². The monoisotopic (exact) mass is 296 g/mol. The van der Waals surface area contributed by atoms with Crippen molar-refractivity contribution in [2.75, 3.05) is 11.4 Å². The maximum absolute atomic E-state index is 13.5. The van der Waals surface area contributed by atoms with E-state index in [4.69, 9.17) is 18.0 Å². The number of thiocarbonyl (C=S) groups is 1. The molecule has 0 unspecified atom stereocenters. The number of rotatable bonds is 7. The van der Waals surface area contributed by atoms with Crippen LogP contribution in [0.2, 0.25) is 0 Å². The zero-order valence-electron chi connectivity index (χ0n) is 12.8. The Morgan fingerprint density at radius 1 is 1.30 bits per heavy atom. The smallest absolute Gasteiger partial charge is 0.124 e. The van der Waals surface area contributed by atoms with Crippen molar-refractivity contribution in [3.05, 3.63) is 29.6 Å². The Labute approximate surface area is 127 Å². The number of halogens is 1. The molecular weight excluding hydrogens is 271 g/mol. The van der Waals surface area contributed by atoms with E-state index in [1.807, 2.05) is 0 Å². The molecule has 0 saturated carbocycles. The number of nitrogens with two attached hydrogens (primary N) is 1. The van der Waals surface area contributed by atoms with Crippen LogP contribution in [0.5, 0.6) is 0 Å². The molecule has 1 aromatic rings. The average molecular weight is 296 g/mol. The molecule has 4 heteroatoms. The minimum Gasteiger partial charge on any atom is -0.389 e. The van der Waals surface area contributed by atoms with Crippen molar-refractivity contribution in [1.82, 2.24) is 0 Å². The van der Waals surface area contributed by atoms with Gasteiger partial charge in [0, 0.05) is 23.8 Å². The predicted octanol–water partition coefficient (Wildman–Crippen LogP) is 4.11. The number of anilines is 1. The highest BCUT2D eigenvalue weighted by molar-refractivity contribution is 7.80. The fraction of sp³-hybridized carbons (Fsp3) is 0.562. The van der Waals surface area contributed by atoms with Gasteiger partial charge in [0.1, 0.15) is 10.8 Å². The molecular formula is C16H25FN2S. The van der Waals surface area contributed by atoms with Crippen molar-refractivity contribution in [3.63, 3.8) is 0 Å². The third-order valence-corrected chi connectivity index (χ3v) is 3.70. The molecule has 0 aliphatic carbocycles. The summed E-state index contributed by atoms with van der Waals surface area (Å²) in [4.78, 5) is 2.57. The summed E-state index contributed by atoms with van der Waals surface area (Å²) in [7, 11) is 0. The molecule has 0 fully saturated rings. The molecule has 0 aliphatic heterocycles. The third-order valence-electron chi connectivity index (χ3n) is 3.48. The minimum absolute atomic E-state index is 0.249. The van der Waals surface area contributed by atoms with E-state index >= 15 is 0 Å². The van der Waals surface area contributed by atoms with Crippen molar-refractivity contribution in [2.45, 2.75) is 46.6 Å². The van der Waals surface area contributed by atoms with Crippen LogP contribution < -0.4 is 10.6 Å². The van der Waals surface area contributed by atoms with E-state index in [0.717, 1.165) is 25.1 Å². The summed E-state index contributed by atoms with van der Waals surface area (Å²) in [5.41, 5.74) is 7.35. The van der Waals surface area contributed by atoms with E-state index in [0.29, 0.717) is 17.5 Å². The fourth-order valence-corrected chi connectivity index (χ4v) is 2.69. The summed E-state index contributed by atoms with van der Waals surface area (Å²) in [6, 6.07) is 5.13. The summed E-state index contributed by atoms with van der Waals surface area (Å²) in [6.07, 6.45) is 2.08.